The molecule has 2 aromatic carbocycles. The molecule has 0 saturated heterocycles. The van der Waals surface area contributed by atoms with Crippen molar-refractivity contribution in [3.8, 4) is 5.69 Å². The summed E-state index contributed by atoms with van der Waals surface area (Å²) in [5, 5.41) is 0.829. The minimum atomic E-state index is -0.289. The molecular weight excluding hydrogens is 339 g/mol. The van der Waals surface area contributed by atoms with Gasteiger partial charge in [-0.25, -0.2) is 4.39 Å². The largest absolute Gasteiger partial charge is 0.316 e. The van der Waals surface area contributed by atoms with Crippen molar-refractivity contribution in [2.75, 3.05) is 0 Å². The maximum Gasteiger partial charge on any atom is 0.275 e. The molecule has 0 amide bonds. The van der Waals surface area contributed by atoms with Gasteiger partial charge in [0.2, 0.25) is 0 Å². The molecule has 4 rings (SSSR count). The molecule has 4 aromatic rings. The minimum Gasteiger partial charge on any atom is -0.316 e. The highest BCUT2D eigenvalue weighted by Gasteiger charge is 2.16. The summed E-state index contributed by atoms with van der Waals surface area (Å²) in [6.45, 7) is 6.22. The number of hydrogen-bond donors (Lipinski definition) is 0. The molecule has 0 N–H and O–H groups in total. The van der Waals surface area contributed by atoms with Gasteiger partial charge >= 0.3 is 0 Å². The Morgan fingerprint density at radius 3 is 2.44 bits per heavy atom. The Morgan fingerprint density at radius 2 is 1.74 bits per heavy atom. The summed E-state index contributed by atoms with van der Waals surface area (Å²) in [4.78, 5) is 12.9. The fourth-order valence-corrected chi connectivity index (χ4v) is 3.44. The second-order valence-corrected chi connectivity index (χ2v) is 6.68. The first-order valence-electron chi connectivity index (χ1n) is 8.69. The van der Waals surface area contributed by atoms with E-state index >= 15 is 0 Å². The summed E-state index contributed by atoms with van der Waals surface area (Å²) in [7, 11) is 1.73. The molecule has 0 spiro atoms. The van der Waals surface area contributed by atoms with Crippen LogP contribution in [0.5, 0.6) is 0 Å². The van der Waals surface area contributed by atoms with E-state index in [2.05, 4.69) is 6.58 Å². The van der Waals surface area contributed by atoms with Gasteiger partial charge in [-0.2, -0.15) is 0 Å². The number of aromatic nitrogens is 2. The Bertz CT molecular complexity index is 1230. The monoisotopic (exact) mass is 358 g/mol. The van der Waals surface area contributed by atoms with Crippen LogP contribution >= 0.6 is 0 Å². The molecule has 0 aliphatic carbocycles. The summed E-state index contributed by atoms with van der Waals surface area (Å²) in [6, 6.07) is 16.1. The number of hydrogen-bond acceptors (Lipinski definition) is 1. The zero-order chi connectivity index (χ0) is 19.1. The van der Waals surface area contributed by atoms with Crippen molar-refractivity contribution in [2.45, 2.75) is 6.92 Å². The van der Waals surface area contributed by atoms with Crippen LogP contribution in [0, 0.1) is 12.7 Å². The van der Waals surface area contributed by atoms with E-state index in [0.29, 0.717) is 5.52 Å². The number of halogens is 1. The van der Waals surface area contributed by atoms with Gasteiger partial charge in [-0.05, 0) is 47.9 Å². The Hall–Kier alpha value is -3.40. The van der Waals surface area contributed by atoms with Crippen LogP contribution in [0.25, 0.3) is 22.2 Å². The van der Waals surface area contributed by atoms with Gasteiger partial charge in [0, 0.05) is 36.1 Å². The van der Waals surface area contributed by atoms with Crippen molar-refractivity contribution in [1.82, 2.24) is 9.13 Å². The van der Waals surface area contributed by atoms with Crippen LogP contribution in [0.2, 0.25) is 0 Å². The smallest absolute Gasteiger partial charge is 0.275 e. The molecule has 0 saturated carbocycles. The molecule has 2 heterocycles. The van der Waals surface area contributed by atoms with Gasteiger partial charge in [0.1, 0.15) is 11.3 Å². The van der Waals surface area contributed by atoms with E-state index in [4.69, 9.17) is 0 Å². The molecule has 0 unspecified atom stereocenters. The standard InChI is InChI=1S/C23H19FN2O/c1-15-6-4-5-7-21(15)26-13-12-19-20(14-25(3)23(27)22(19)26)16(2)17-8-10-18(24)11-9-17/h4-14H,2H2,1,3H3. The third-order valence-corrected chi connectivity index (χ3v) is 4.91. The van der Waals surface area contributed by atoms with E-state index in [9.17, 15) is 9.18 Å². The highest BCUT2D eigenvalue weighted by Crippen LogP contribution is 2.29. The van der Waals surface area contributed by atoms with Crippen molar-refractivity contribution in [2.24, 2.45) is 7.05 Å². The van der Waals surface area contributed by atoms with Gasteiger partial charge < -0.3 is 9.13 Å². The zero-order valence-electron chi connectivity index (χ0n) is 15.2. The molecule has 0 fully saturated rings. The lowest BCUT2D eigenvalue weighted by Gasteiger charge is -2.13. The lowest BCUT2D eigenvalue weighted by atomic mass is 9.98. The second-order valence-electron chi connectivity index (χ2n) is 6.68. The average molecular weight is 358 g/mol. The van der Waals surface area contributed by atoms with Crippen molar-refractivity contribution >= 4 is 16.5 Å². The third-order valence-electron chi connectivity index (χ3n) is 4.91. The number of benzene rings is 2. The fraction of sp³-hybridized carbons (Fsp3) is 0.0870. The Kier molecular flexibility index (Phi) is 4.04. The fourth-order valence-electron chi connectivity index (χ4n) is 3.44. The predicted molar refractivity (Wildman–Crippen MR) is 108 cm³/mol. The SMILES string of the molecule is C=C(c1ccc(F)cc1)c1cn(C)c(=O)c2c1ccn2-c1ccccc1C. The van der Waals surface area contributed by atoms with Gasteiger partial charge in [0.05, 0.1) is 0 Å². The van der Waals surface area contributed by atoms with Crippen LogP contribution < -0.4 is 5.56 Å². The molecule has 0 atom stereocenters. The third kappa shape index (κ3) is 2.79. The summed E-state index contributed by atoms with van der Waals surface area (Å²) in [6.07, 6.45) is 3.70. The molecule has 4 heteroatoms. The lowest BCUT2D eigenvalue weighted by molar-refractivity contribution is 0.627. The quantitative estimate of drug-likeness (QED) is 0.515. The summed E-state index contributed by atoms with van der Waals surface area (Å²) >= 11 is 0. The topological polar surface area (TPSA) is 26.9 Å². The maximum atomic E-state index is 13.3. The highest BCUT2D eigenvalue weighted by atomic mass is 19.1. The normalized spacial score (nSPS) is 11.1. The molecule has 0 aliphatic heterocycles. The van der Waals surface area contributed by atoms with Crippen molar-refractivity contribution in [3.63, 3.8) is 0 Å². The van der Waals surface area contributed by atoms with Crippen LogP contribution in [-0.2, 0) is 7.05 Å². The van der Waals surface area contributed by atoms with Gasteiger partial charge in [0.15, 0.2) is 0 Å². The minimum absolute atomic E-state index is 0.0751. The number of pyridine rings is 1. The van der Waals surface area contributed by atoms with Crippen molar-refractivity contribution in [3.05, 3.63) is 106 Å². The van der Waals surface area contributed by atoms with E-state index in [-0.39, 0.29) is 11.4 Å². The van der Waals surface area contributed by atoms with Gasteiger partial charge in [-0.15, -0.1) is 0 Å². The molecular formula is C23H19FN2O. The Morgan fingerprint density at radius 1 is 1.04 bits per heavy atom. The van der Waals surface area contributed by atoms with E-state index in [1.807, 2.05) is 48.0 Å². The highest BCUT2D eigenvalue weighted by molar-refractivity contribution is 5.96. The average Bonchev–Trinajstić information content (AvgIpc) is 3.10. The summed E-state index contributed by atoms with van der Waals surface area (Å²) in [5.41, 5.74) is 5.00. The number of para-hydroxylation sites is 1. The van der Waals surface area contributed by atoms with E-state index < -0.39 is 0 Å². The van der Waals surface area contributed by atoms with Gasteiger partial charge in [-0.3, -0.25) is 4.79 Å². The maximum absolute atomic E-state index is 13.3. The molecule has 134 valence electrons. The van der Waals surface area contributed by atoms with Crippen LogP contribution in [0.1, 0.15) is 16.7 Å². The molecule has 0 radical (unpaired) electrons. The van der Waals surface area contributed by atoms with Crippen LogP contribution in [0.15, 0.2) is 78.4 Å². The number of fused-ring (bicyclic) bond motifs is 1. The van der Waals surface area contributed by atoms with Gasteiger partial charge in [-0.1, -0.05) is 36.9 Å². The summed E-state index contributed by atoms with van der Waals surface area (Å²) in [5.74, 6) is -0.289. The first-order valence-corrected chi connectivity index (χ1v) is 8.69. The molecule has 3 nitrogen and oxygen atoms in total. The number of aryl methyl sites for hydroxylation is 2. The molecule has 2 aromatic heterocycles. The summed E-state index contributed by atoms with van der Waals surface area (Å²) < 4.78 is 16.8. The first-order chi connectivity index (χ1) is 13.0. The lowest BCUT2D eigenvalue weighted by Crippen LogP contribution is -2.19. The van der Waals surface area contributed by atoms with Crippen LogP contribution in [0.4, 0.5) is 4.39 Å². The Balaban J connectivity index is 1.98. The Labute approximate surface area is 156 Å². The second kappa shape index (κ2) is 6.40. The number of rotatable bonds is 3. The van der Waals surface area contributed by atoms with Crippen molar-refractivity contribution < 1.29 is 4.39 Å². The molecule has 27 heavy (non-hydrogen) atoms. The van der Waals surface area contributed by atoms with E-state index in [1.54, 1.807) is 29.9 Å². The van der Waals surface area contributed by atoms with Crippen LogP contribution in [-0.4, -0.2) is 9.13 Å². The molecule has 0 bridgehead atoms. The molecule has 0 aliphatic rings. The van der Waals surface area contributed by atoms with Crippen molar-refractivity contribution in [1.29, 1.82) is 0 Å². The van der Waals surface area contributed by atoms with E-state index in [1.165, 1.54) is 12.1 Å². The zero-order valence-corrected chi connectivity index (χ0v) is 15.2. The first kappa shape index (κ1) is 17.0. The van der Waals surface area contributed by atoms with Gasteiger partial charge in [0.25, 0.3) is 5.56 Å². The van der Waals surface area contributed by atoms with E-state index in [0.717, 1.165) is 33.3 Å². The predicted octanol–water partition coefficient (Wildman–Crippen LogP) is 4.84. The van der Waals surface area contributed by atoms with Crippen LogP contribution in [0.3, 0.4) is 0 Å². The number of nitrogens with zero attached hydrogens (tertiary/aromatic N) is 2.